The van der Waals surface area contributed by atoms with Crippen molar-refractivity contribution in [3.63, 3.8) is 0 Å². The number of halogens is 1. The molecule has 2 aliphatic heterocycles. The number of rotatable bonds is 4. The van der Waals surface area contributed by atoms with Crippen molar-refractivity contribution in [2.24, 2.45) is 0 Å². The van der Waals surface area contributed by atoms with E-state index in [0.29, 0.717) is 5.38 Å². The first-order valence-electron chi connectivity index (χ1n) is 8.10. The fourth-order valence-corrected chi connectivity index (χ4v) is 3.67. The van der Waals surface area contributed by atoms with E-state index in [9.17, 15) is 0 Å². The van der Waals surface area contributed by atoms with E-state index < -0.39 is 0 Å². The molecule has 1 aromatic rings. The van der Waals surface area contributed by atoms with Gasteiger partial charge < -0.3 is 14.5 Å². The maximum atomic E-state index is 6.28. The summed E-state index contributed by atoms with van der Waals surface area (Å²) in [5.41, 5.74) is 2.84. The highest BCUT2D eigenvalue weighted by molar-refractivity contribution is 6.20. The highest BCUT2D eigenvalue weighted by atomic mass is 35.5. The molecule has 0 saturated carbocycles. The van der Waals surface area contributed by atoms with Gasteiger partial charge in [-0.3, -0.25) is 0 Å². The molecule has 0 unspecified atom stereocenters. The van der Waals surface area contributed by atoms with E-state index in [0.717, 1.165) is 45.8 Å². The van der Waals surface area contributed by atoms with Gasteiger partial charge >= 0.3 is 0 Å². The lowest BCUT2D eigenvalue weighted by Crippen LogP contribution is -2.38. The normalized spacial score (nSPS) is 24.2. The van der Waals surface area contributed by atoms with Crippen molar-refractivity contribution >= 4 is 17.3 Å². The van der Waals surface area contributed by atoms with E-state index in [1.807, 2.05) is 0 Å². The van der Waals surface area contributed by atoms with Gasteiger partial charge in [0, 0.05) is 37.2 Å². The second-order valence-corrected chi connectivity index (χ2v) is 6.64. The summed E-state index contributed by atoms with van der Waals surface area (Å²) < 4.78 is 5.46. The van der Waals surface area contributed by atoms with Crippen LogP contribution in [0.5, 0.6) is 0 Å². The van der Waals surface area contributed by atoms with Crippen LogP contribution in [0.25, 0.3) is 0 Å². The fraction of sp³-hybridized carbons (Fsp3) is 0.647. The van der Waals surface area contributed by atoms with Gasteiger partial charge in [-0.2, -0.15) is 0 Å². The number of hydrogen-bond donors (Lipinski definition) is 0. The van der Waals surface area contributed by atoms with Crippen LogP contribution >= 0.6 is 11.6 Å². The SMILES string of the molecule is Cl[C@@H]1CCCN(CCc2ccccc2N2CCOCC2)C1. The highest BCUT2D eigenvalue weighted by Gasteiger charge is 2.19. The zero-order valence-corrected chi connectivity index (χ0v) is 13.4. The molecule has 0 N–H and O–H groups in total. The zero-order chi connectivity index (χ0) is 14.5. The van der Waals surface area contributed by atoms with E-state index >= 15 is 0 Å². The summed E-state index contributed by atoms with van der Waals surface area (Å²) in [6.07, 6.45) is 3.51. The minimum atomic E-state index is 0.341. The van der Waals surface area contributed by atoms with E-state index in [-0.39, 0.29) is 0 Å². The van der Waals surface area contributed by atoms with E-state index in [4.69, 9.17) is 16.3 Å². The minimum absolute atomic E-state index is 0.341. The first-order chi connectivity index (χ1) is 10.3. The van der Waals surface area contributed by atoms with Crippen molar-refractivity contribution < 1.29 is 4.74 Å². The van der Waals surface area contributed by atoms with Crippen LogP contribution in [0.3, 0.4) is 0 Å². The minimum Gasteiger partial charge on any atom is -0.378 e. The number of piperidine rings is 1. The lowest BCUT2D eigenvalue weighted by molar-refractivity contribution is 0.122. The molecule has 0 aliphatic carbocycles. The Balaban J connectivity index is 1.62. The second kappa shape index (κ2) is 7.48. The molecule has 2 heterocycles. The lowest BCUT2D eigenvalue weighted by atomic mass is 10.1. The van der Waals surface area contributed by atoms with Crippen molar-refractivity contribution in [1.82, 2.24) is 4.90 Å². The number of ether oxygens (including phenoxy) is 1. The van der Waals surface area contributed by atoms with Crippen molar-refractivity contribution in [2.45, 2.75) is 24.6 Å². The number of likely N-dealkylation sites (tertiary alicyclic amines) is 1. The zero-order valence-electron chi connectivity index (χ0n) is 12.6. The molecule has 0 bridgehead atoms. The van der Waals surface area contributed by atoms with Gasteiger partial charge in [-0.05, 0) is 37.4 Å². The molecular weight excluding hydrogens is 284 g/mol. The number of benzene rings is 1. The molecule has 21 heavy (non-hydrogen) atoms. The van der Waals surface area contributed by atoms with Crippen LogP contribution < -0.4 is 4.90 Å². The average molecular weight is 309 g/mol. The Morgan fingerprint density at radius 1 is 1.14 bits per heavy atom. The maximum Gasteiger partial charge on any atom is 0.0642 e. The molecule has 4 heteroatoms. The molecule has 2 saturated heterocycles. The van der Waals surface area contributed by atoms with E-state index in [2.05, 4.69) is 34.1 Å². The number of alkyl halides is 1. The van der Waals surface area contributed by atoms with Gasteiger partial charge in [0.05, 0.1) is 13.2 Å². The van der Waals surface area contributed by atoms with Gasteiger partial charge in [0.25, 0.3) is 0 Å². The molecule has 3 nitrogen and oxygen atoms in total. The number of hydrogen-bond acceptors (Lipinski definition) is 3. The second-order valence-electron chi connectivity index (χ2n) is 6.02. The van der Waals surface area contributed by atoms with Crippen LogP contribution in [-0.4, -0.2) is 56.2 Å². The molecular formula is C17H25ClN2O. The van der Waals surface area contributed by atoms with Crippen molar-refractivity contribution in [3.8, 4) is 0 Å². The molecule has 0 radical (unpaired) electrons. The smallest absolute Gasteiger partial charge is 0.0642 e. The van der Waals surface area contributed by atoms with Gasteiger partial charge in [0.2, 0.25) is 0 Å². The summed E-state index contributed by atoms with van der Waals surface area (Å²) in [7, 11) is 0. The van der Waals surface area contributed by atoms with Gasteiger partial charge in [-0.15, -0.1) is 11.6 Å². The van der Waals surface area contributed by atoms with Crippen LogP contribution in [0.4, 0.5) is 5.69 Å². The number of anilines is 1. The Kier molecular flexibility index (Phi) is 5.39. The number of morpholine rings is 1. The Morgan fingerprint density at radius 2 is 1.95 bits per heavy atom. The van der Waals surface area contributed by atoms with Crippen LogP contribution in [0.1, 0.15) is 18.4 Å². The van der Waals surface area contributed by atoms with Crippen molar-refractivity contribution in [1.29, 1.82) is 0 Å². The fourth-order valence-electron chi connectivity index (χ4n) is 3.32. The standard InChI is InChI=1S/C17H25ClN2O/c18-16-5-3-8-19(14-16)9-7-15-4-1-2-6-17(15)20-10-12-21-13-11-20/h1-2,4,6,16H,3,5,7-14H2/t16-/m1/s1. The molecule has 0 spiro atoms. The summed E-state index contributed by atoms with van der Waals surface area (Å²) in [6.45, 7) is 7.05. The van der Waals surface area contributed by atoms with Crippen LogP contribution in [0, 0.1) is 0 Å². The molecule has 0 amide bonds. The van der Waals surface area contributed by atoms with Crippen molar-refractivity contribution in [2.75, 3.05) is 50.8 Å². The van der Waals surface area contributed by atoms with Crippen LogP contribution in [0.2, 0.25) is 0 Å². The monoisotopic (exact) mass is 308 g/mol. The predicted molar refractivity (Wildman–Crippen MR) is 88.5 cm³/mol. The van der Waals surface area contributed by atoms with Crippen LogP contribution in [0.15, 0.2) is 24.3 Å². The van der Waals surface area contributed by atoms with Gasteiger partial charge in [-0.1, -0.05) is 18.2 Å². The Morgan fingerprint density at radius 3 is 2.76 bits per heavy atom. The van der Waals surface area contributed by atoms with E-state index in [1.54, 1.807) is 0 Å². The summed E-state index contributed by atoms with van der Waals surface area (Å²) >= 11 is 6.28. The largest absolute Gasteiger partial charge is 0.378 e. The summed E-state index contributed by atoms with van der Waals surface area (Å²) in [6, 6.07) is 8.82. The van der Waals surface area contributed by atoms with Crippen molar-refractivity contribution in [3.05, 3.63) is 29.8 Å². The molecule has 1 aromatic carbocycles. The molecule has 0 aromatic heterocycles. The summed E-state index contributed by atoms with van der Waals surface area (Å²) in [4.78, 5) is 4.97. The first kappa shape index (κ1) is 15.1. The quantitative estimate of drug-likeness (QED) is 0.796. The molecule has 3 rings (SSSR count). The average Bonchev–Trinajstić information content (AvgIpc) is 2.54. The van der Waals surface area contributed by atoms with Gasteiger partial charge in [-0.25, -0.2) is 0 Å². The Labute approximate surface area is 132 Å². The number of para-hydroxylation sites is 1. The van der Waals surface area contributed by atoms with E-state index in [1.165, 1.54) is 30.6 Å². The topological polar surface area (TPSA) is 15.7 Å². The number of nitrogens with zero attached hydrogens (tertiary/aromatic N) is 2. The summed E-state index contributed by atoms with van der Waals surface area (Å²) in [5, 5.41) is 0.341. The Hall–Kier alpha value is -0.770. The third-order valence-electron chi connectivity index (χ3n) is 4.49. The molecule has 116 valence electrons. The van der Waals surface area contributed by atoms with Crippen LogP contribution in [-0.2, 0) is 11.2 Å². The molecule has 2 aliphatic rings. The summed E-state index contributed by atoms with van der Waals surface area (Å²) in [5.74, 6) is 0. The van der Waals surface area contributed by atoms with Gasteiger partial charge in [0.1, 0.15) is 0 Å². The third kappa shape index (κ3) is 4.12. The molecule has 1 atom stereocenters. The lowest BCUT2D eigenvalue weighted by Gasteiger charge is -2.32. The Bertz CT molecular complexity index is 448. The maximum absolute atomic E-state index is 6.28. The first-order valence-corrected chi connectivity index (χ1v) is 8.53. The van der Waals surface area contributed by atoms with Gasteiger partial charge in [0.15, 0.2) is 0 Å². The molecule has 2 fully saturated rings. The highest BCUT2D eigenvalue weighted by Crippen LogP contribution is 2.23. The predicted octanol–water partition coefficient (Wildman–Crippen LogP) is 2.77. The third-order valence-corrected chi connectivity index (χ3v) is 4.84.